The molecule has 0 aliphatic carbocycles. The second-order valence-electron chi connectivity index (χ2n) is 5.75. The quantitative estimate of drug-likeness (QED) is 0.775. The Morgan fingerprint density at radius 2 is 1.88 bits per heavy atom. The molecule has 120 valence electrons. The zero-order valence-corrected chi connectivity index (χ0v) is 13.9. The van der Waals surface area contributed by atoms with Crippen molar-refractivity contribution in [2.75, 3.05) is 5.32 Å². The fourth-order valence-corrected chi connectivity index (χ4v) is 3.67. The maximum absolute atomic E-state index is 12.7. The van der Waals surface area contributed by atoms with Crippen LogP contribution in [0.4, 0.5) is 5.00 Å². The number of aromatic nitrogens is 1. The summed E-state index contributed by atoms with van der Waals surface area (Å²) >= 11 is 1.42. The number of para-hydroxylation sites is 1. The Hall–Kier alpha value is -2.66. The molecule has 2 atom stereocenters. The number of rotatable bonds is 3. The van der Waals surface area contributed by atoms with Crippen molar-refractivity contribution in [2.45, 2.75) is 18.9 Å². The molecule has 0 bridgehead atoms. The molecule has 0 radical (unpaired) electrons. The summed E-state index contributed by atoms with van der Waals surface area (Å²) in [6.45, 7) is 2.01. The molecule has 1 N–H and O–H groups in total. The van der Waals surface area contributed by atoms with E-state index in [-0.39, 0.29) is 11.8 Å². The summed E-state index contributed by atoms with van der Waals surface area (Å²) in [7, 11) is 0. The van der Waals surface area contributed by atoms with Gasteiger partial charge in [-0.1, -0.05) is 55.5 Å². The van der Waals surface area contributed by atoms with Gasteiger partial charge in [-0.25, -0.2) is 4.98 Å². The molecule has 0 saturated carbocycles. The molecular weight excluding hydrogens is 320 g/mol. The molecule has 1 aliphatic heterocycles. The van der Waals surface area contributed by atoms with Crippen LogP contribution in [0, 0.1) is 0 Å². The zero-order valence-electron chi connectivity index (χ0n) is 13.1. The van der Waals surface area contributed by atoms with Crippen molar-refractivity contribution in [1.82, 2.24) is 4.98 Å². The van der Waals surface area contributed by atoms with Gasteiger partial charge in [-0.05, 0) is 6.07 Å². The Morgan fingerprint density at radius 3 is 2.67 bits per heavy atom. The lowest BCUT2D eigenvalue weighted by atomic mass is 9.97. The molecule has 2 aromatic carbocycles. The van der Waals surface area contributed by atoms with Gasteiger partial charge in [0.1, 0.15) is 16.4 Å². The summed E-state index contributed by atoms with van der Waals surface area (Å²) in [5, 5.41) is 3.74. The Bertz CT molecular complexity index is 876. The average Bonchev–Trinajstić information content (AvgIpc) is 3.21. The van der Waals surface area contributed by atoms with Gasteiger partial charge in [0.15, 0.2) is 6.10 Å². The van der Waals surface area contributed by atoms with Crippen LogP contribution in [0.3, 0.4) is 0 Å². The van der Waals surface area contributed by atoms with E-state index >= 15 is 0 Å². The molecular formula is C19H16N2O2S. The molecule has 3 aromatic rings. The maximum atomic E-state index is 12.7. The minimum absolute atomic E-state index is 0.0225. The molecule has 24 heavy (non-hydrogen) atoms. The van der Waals surface area contributed by atoms with E-state index in [2.05, 4.69) is 10.3 Å². The number of benzene rings is 2. The van der Waals surface area contributed by atoms with E-state index in [4.69, 9.17) is 4.74 Å². The monoisotopic (exact) mass is 336 g/mol. The first-order valence-electron chi connectivity index (χ1n) is 7.79. The van der Waals surface area contributed by atoms with E-state index in [1.807, 2.05) is 61.5 Å². The standard InChI is InChI=1S/C19H16N2O2S/c1-12-14-9-5-6-10-15(14)23-17(12)18(22)21-19-16(20-11-24-19)13-7-3-2-4-8-13/h2-12,17H,1H3,(H,21,22)/t12-,17-/m1/s1. The summed E-state index contributed by atoms with van der Waals surface area (Å²) in [6.07, 6.45) is -0.520. The van der Waals surface area contributed by atoms with Crippen molar-refractivity contribution in [3.63, 3.8) is 0 Å². The molecule has 1 aromatic heterocycles. The number of nitrogens with zero attached hydrogens (tertiary/aromatic N) is 1. The van der Waals surface area contributed by atoms with Crippen LogP contribution in [0.1, 0.15) is 18.4 Å². The van der Waals surface area contributed by atoms with Gasteiger partial charge in [-0.2, -0.15) is 0 Å². The van der Waals surface area contributed by atoms with Crippen molar-refractivity contribution in [3.05, 3.63) is 65.7 Å². The predicted octanol–water partition coefficient (Wildman–Crippen LogP) is 4.31. The summed E-state index contributed by atoms with van der Waals surface area (Å²) in [5.74, 6) is 0.673. The van der Waals surface area contributed by atoms with Gasteiger partial charge in [0.05, 0.1) is 5.51 Å². The SMILES string of the molecule is C[C@@H]1c2ccccc2O[C@H]1C(=O)Nc1scnc1-c1ccccc1. The maximum Gasteiger partial charge on any atom is 0.266 e. The molecule has 4 rings (SSSR count). The molecule has 0 fully saturated rings. The van der Waals surface area contributed by atoms with E-state index in [0.717, 1.165) is 27.6 Å². The van der Waals surface area contributed by atoms with E-state index in [1.54, 1.807) is 5.51 Å². The molecule has 2 heterocycles. The number of ether oxygens (including phenoxy) is 1. The van der Waals surface area contributed by atoms with Crippen LogP contribution in [0.5, 0.6) is 5.75 Å². The first-order chi connectivity index (χ1) is 11.7. The third-order valence-electron chi connectivity index (χ3n) is 4.23. The summed E-state index contributed by atoms with van der Waals surface area (Å²) in [5.41, 5.74) is 4.59. The number of hydrogen-bond donors (Lipinski definition) is 1. The van der Waals surface area contributed by atoms with Crippen LogP contribution in [-0.2, 0) is 4.79 Å². The summed E-state index contributed by atoms with van der Waals surface area (Å²) in [4.78, 5) is 17.1. The third-order valence-corrected chi connectivity index (χ3v) is 4.97. The predicted molar refractivity (Wildman–Crippen MR) is 95.5 cm³/mol. The first-order valence-corrected chi connectivity index (χ1v) is 8.67. The lowest BCUT2D eigenvalue weighted by Crippen LogP contribution is -2.33. The lowest BCUT2D eigenvalue weighted by Gasteiger charge is -2.15. The van der Waals surface area contributed by atoms with Crippen molar-refractivity contribution >= 4 is 22.2 Å². The highest BCUT2D eigenvalue weighted by atomic mass is 32.1. The summed E-state index contributed by atoms with van der Waals surface area (Å²) < 4.78 is 5.85. The van der Waals surface area contributed by atoms with Crippen LogP contribution in [-0.4, -0.2) is 17.0 Å². The molecule has 0 unspecified atom stereocenters. The molecule has 5 heteroatoms. The van der Waals surface area contributed by atoms with Crippen LogP contribution in [0.25, 0.3) is 11.3 Å². The highest BCUT2D eigenvalue weighted by Crippen LogP contribution is 2.38. The van der Waals surface area contributed by atoms with Gasteiger partial charge in [-0.15, -0.1) is 11.3 Å². The Morgan fingerprint density at radius 1 is 1.12 bits per heavy atom. The largest absolute Gasteiger partial charge is 0.480 e. The number of hydrogen-bond acceptors (Lipinski definition) is 4. The van der Waals surface area contributed by atoms with E-state index in [1.165, 1.54) is 11.3 Å². The van der Waals surface area contributed by atoms with E-state index in [9.17, 15) is 4.79 Å². The molecule has 4 nitrogen and oxygen atoms in total. The normalized spacial score (nSPS) is 18.7. The number of nitrogens with one attached hydrogen (secondary N) is 1. The first kappa shape index (κ1) is 14.9. The lowest BCUT2D eigenvalue weighted by molar-refractivity contribution is -0.122. The molecule has 1 amide bonds. The van der Waals surface area contributed by atoms with Crippen LogP contribution >= 0.6 is 11.3 Å². The second-order valence-corrected chi connectivity index (χ2v) is 6.61. The van der Waals surface area contributed by atoms with Gasteiger partial charge in [0, 0.05) is 17.0 Å². The van der Waals surface area contributed by atoms with Crippen LogP contribution < -0.4 is 10.1 Å². The van der Waals surface area contributed by atoms with Gasteiger partial charge >= 0.3 is 0 Å². The number of carbonyl (C=O) groups excluding carboxylic acids is 1. The second kappa shape index (κ2) is 6.09. The van der Waals surface area contributed by atoms with Crippen molar-refractivity contribution in [1.29, 1.82) is 0 Å². The van der Waals surface area contributed by atoms with Crippen molar-refractivity contribution in [2.24, 2.45) is 0 Å². The van der Waals surface area contributed by atoms with Crippen molar-refractivity contribution in [3.8, 4) is 17.0 Å². The third kappa shape index (κ3) is 2.57. The van der Waals surface area contributed by atoms with Gasteiger partial charge in [0.25, 0.3) is 5.91 Å². The Labute approximate surface area is 144 Å². The summed E-state index contributed by atoms with van der Waals surface area (Å²) in [6, 6.07) is 17.6. The van der Waals surface area contributed by atoms with Gasteiger partial charge in [0.2, 0.25) is 0 Å². The van der Waals surface area contributed by atoms with E-state index < -0.39 is 6.10 Å². The number of anilines is 1. The van der Waals surface area contributed by atoms with Crippen LogP contribution in [0.2, 0.25) is 0 Å². The molecule has 0 spiro atoms. The molecule has 1 aliphatic rings. The smallest absolute Gasteiger partial charge is 0.266 e. The number of fused-ring (bicyclic) bond motifs is 1. The minimum atomic E-state index is -0.520. The fraction of sp³-hybridized carbons (Fsp3) is 0.158. The highest BCUT2D eigenvalue weighted by molar-refractivity contribution is 7.14. The van der Waals surface area contributed by atoms with Gasteiger partial charge < -0.3 is 10.1 Å². The van der Waals surface area contributed by atoms with E-state index in [0.29, 0.717) is 0 Å². The molecule has 0 saturated heterocycles. The Balaban J connectivity index is 1.56. The topological polar surface area (TPSA) is 51.2 Å². The average molecular weight is 336 g/mol. The highest BCUT2D eigenvalue weighted by Gasteiger charge is 2.36. The fourth-order valence-electron chi connectivity index (χ4n) is 2.97. The van der Waals surface area contributed by atoms with Crippen molar-refractivity contribution < 1.29 is 9.53 Å². The minimum Gasteiger partial charge on any atom is -0.480 e. The zero-order chi connectivity index (χ0) is 16.5. The number of amides is 1. The van der Waals surface area contributed by atoms with Gasteiger partial charge in [-0.3, -0.25) is 4.79 Å². The number of thiazole rings is 1. The number of carbonyl (C=O) groups is 1. The van der Waals surface area contributed by atoms with Crippen LogP contribution in [0.15, 0.2) is 60.1 Å². The Kier molecular flexibility index (Phi) is 3.78.